The molecule has 0 aliphatic carbocycles. The quantitative estimate of drug-likeness (QED) is 0.232. The lowest BCUT2D eigenvalue weighted by molar-refractivity contribution is -0.137. The number of benzene rings is 1. The Hall–Kier alpha value is -3.77. The average Bonchev–Trinajstić information content (AvgIpc) is 3.33. The first kappa shape index (κ1) is 26.3. The van der Waals surface area contributed by atoms with Crippen LogP contribution in [0.25, 0.3) is 28.4 Å². The number of unbranched alkanes of at least 4 members (excludes halogenated alkanes) is 2. The van der Waals surface area contributed by atoms with Crippen LogP contribution in [0.1, 0.15) is 38.3 Å². The van der Waals surface area contributed by atoms with Crippen LogP contribution in [0.5, 0.6) is 0 Å². The zero-order valence-electron chi connectivity index (χ0n) is 19.9. The molecule has 1 aromatic carbocycles. The number of carbonyl (C=O) groups is 3. The molecule has 12 heteroatoms. The third-order valence-corrected chi connectivity index (χ3v) is 7.00. The Morgan fingerprint density at radius 1 is 1.19 bits per heavy atom. The van der Waals surface area contributed by atoms with E-state index in [1.54, 1.807) is 49.4 Å². The van der Waals surface area contributed by atoms with E-state index in [2.05, 4.69) is 9.97 Å². The van der Waals surface area contributed by atoms with E-state index in [9.17, 15) is 19.2 Å². The van der Waals surface area contributed by atoms with E-state index in [-0.39, 0.29) is 18.9 Å². The zero-order valence-corrected chi connectivity index (χ0v) is 21.6. The van der Waals surface area contributed by atoms with Gasteiger partial charge in [0.2, 0.25) is 0 Å². The number of amides is 1. The molecule has 0 radical (unpaired) electrons. The van der Waals surface area contributed by atoms with Crippen LogP contribution < -0.4 is 5.69 Å². The molecule has 0 atom stereocenters. The normalized spacial score (nSPS) is 14.6. The van der Waals surface area contributed by atoms with Crippen molar-refractivity contribution in [3.05, 3.63) is 57.5 Å². The van der Waals surface area contributed by atoms with Gasteiger partial charge in [0.15, 0.2) is 0 Å². The van der Waals surface area contributed by atoms with Crippen molar-refractivity contribution in [3.63, 3.8) is 0 Å². The molecule has 1 fully saturated rings. The van der Waals surface area contributed by atoms with Crippen LogP contribution in [-0.4, -0.2) is 60.0 Å². The van der Waals surface area contributed by atoms with E-state index in [1.165, 1.54) is 16.7 Å². The number of carbonyl (C=O) groups excluding carboxylic acids is 2. The Bertz CT molecular complexity index is 1480. The second kappa shape index (κ2) is 11.5. The molecule has 192 valence electrons. The summed E-state index contributed by atoms with van der Waals surface area (Å²) in [6.07, 6.45) is 2.94. The molecule has 1 saturated heterocycles. The fourth-order valence-electron chi connectivity index (χ4n) is 3.87. The van der Waals surface area contributed by atoms with Crippen LogP contribution in [0.3, 0.4) is 0 Å². The van der Waals surface area contributed by atoms with E-state index in [4.69, 9.17) is 22.1 Å². The molecule has 1 aliphatic rings. The second-order valence-corrected chi connectivity index (χ2v) is 9.86. The number of fused-ring (bicyclic) bond motifs is 1. The van der Waals surface area contributed by atoms with E-state index in [1.807, 2.05) is 0 Å². The lowest BCUT2D eigenvalue weighted by Gasteiger charge is -2.13. The van der Waals surface area contributed by atoms with Crippen LogP contribution in [0.2, 0.25) is 0 Å². The number of rotatable bonds is 9. The van der Waals surface area contributed by atoms with Gasteiger partial charge in [-0.3, -0.25) is 14.5 Å². The Balaban J connectivity index is 1.53. The number of thioether (sulfide) groups is 1. The van der Waals surface area contributed by atoms with E-state index in [0.29, 0.717) is 63.0 Å². The number of ether oxygens (including phenoxy) is 1. The van der Waals surface area contributed by atoms with Gasteiger partial charge in [-0.1, -0.05) is 42.5 Å². The predicted octanol–water partition coefficient (Wildman–Crippen LogP) is 4.24. The van der Waals surface area contributed by atoms with Crippen molar-refractivity contribution in [3.8, 4) is 11.3 Å². The van der Waals surface area contributed by atoms with Gasteiger partial charge >= 0.3 is 17.8 Å². The van der Waals surface area contributed by atoms with Crippen molar-refractivity contribution in [2.24, 2.45) is 0 Å². The van der Waals surface area contributed by atoms with E-state index < -0.39 is 17.8 Å². The maximum absolute atomic E-state index is 12.9. The van der Waals surface area contributed by atoms with Gasteiger partial charge in [0.25, 0.3) is 5.91 Å². The predicted molar refractivity (Wildman–Crippen MR) is 144 cm³/mol. The molecule has 0 bridgehead atoms. The maximum Gasteiger partial charge on any atom is 0.422 e. The fraction of sp³-hybridized carbons (Fsp3) is 0.280. The maximum atomic E-state index is 12.9. The molecule has 4 rings (SSSR count). The van der Waals surface area contributed by atoms with Gasteiger partial charge in [0.1, 0.15) is 4.32 Å². The molecule has 2 aromatic heterocycles. The molecule has 1 aliphatic heterocycles. The Kier molecular flexibility index (Phi) is 8.19. The number of H-pyrrole nitrogens is 1. The molecule has 0 unspecified atom stereocenters. The Morgan fingerprint density at radius 2 is 2.00 bits per heavy atom. The number of carboxylic acid groups (broad SMARTS) is 1. The first-order valence-corrected chi connectivity index (χ1v) is 12.9. The minimum absolute atomic E-state index is 0.109. The first-order chi connectivity index (χ1) is 17.8. The van der Waals surface area contributed by atoms with Gasteiger partial charge in [-0.25, -0.2) is 14.6 Å². The topological polar surface area (TPSA) is 135 Å². The van der Waals surface area contributed by atoms with Crippen molar-refractivity contribution in [1.29, 1.82) is 0 Å². The number of carboxylic acids is 1. The molecule has 0 saturated carbocycles. The summed E-state index contributed by atoms with van der Waals surface area (Å²) in [6.45, 7) is 2.24. The van der Waals surface area contributed by atoms with Crippen LogP contribution in [-0.2, 0) is 14.3 Å². The molecule has 3 heterocycles. The highest BCUT2D eigenvalue weighted by Crippen LogP contribution is 2.33. The van der Waals surface area contributed by atoms with E-state index in [0.717, 1.165) is 4.57 Å². The summed E-state index contributed by atoms with van der Waals surface area (Å²) in [5.41, 5.74) is 2.09. The number of hydrogen-bond donors (Lipinski definition) is 2. The standard InChI is InChI=1S/C25H24N4O6S2/c1-2-35-24(34)29-19-13-15(10-11-18(19)27-23(29)33)17-8-6-7-16(26-17)14-20-22(32)28(25(36)37-20)12-5-3-4-9-21(30)31/h6-8,10-11,13-14H,2-5,9,12H2,1H3,(H,27,33)(H,30,31)/b20-14-. The third kappa shape index (κ3) is 5.97. The van der Waals surface area contributed by atoms with Crippen molar-refractivity contribution in [2.75, 3.05) is 13.2 Å². The van der Waals surface area contributed by atoms with Crippen LogP contribution in [0.15, 0.2) is 46.1 Å². The lowest BCUT2D eigenvalue weighted by Crippen LogP contribution is -2.29. The molecule has 2 N–H and O–H groups in total. The number of nitrogens with one attached hydrogen (secondary N) is 1. The summed E-state index contributed by atoms with van der Waals surface area (Å²) >= 11 is 6.58. The smallest absolute Gasteiger partial charge is 0.422 e. The van der Waals surface area contributed by atoms with Gasteiger partial charge in [-0.05, 0) is 50.1 Å². The molecule has 10 nitrogen and oxygen atoms in total. The second-order valence-electron chi connectivity index (χ2n) is 8.18. The summed E-state index contributed by atoms with van der Waals surface area (Å²) < 4.78 is 6.40. The van der Waals surface area contributed by atoms with Gasteiger partial charge in [-0.15, -0.1) is 0 Å². The van der Waals surface area contributed by atoms with Crippen molar-refractivity contribution in [2.45, 2.75) is 32.6 Å². The van der Waals surface area contributed by atoms with Crippen LogP contribution >= 0.6 is 24.0 Å². The number of aliphatic carboxylic acids is 1. The van der Waals surface area contributed by atoms with Crippen LogP contribution in [0, 0.1) is 0 Å². The van der Waals surface area contributed by atoms with Crippen molar-refractivity contribution < 1.29 is 24.2 Å². The number of hydrogen-bond acceptors (Lipinski definition) is 8. The highest BCUT2D eigenvalue weighted by Gasteiger charge is 2.31. The Labute approximate surface area is 221 Å². The molecule has 3 aromatic rings. The fourth-order valence-corrected chi connectivity index (χ4v) is 5.17. The third-order valence-electron chi connectivity index (χ3n) is 5.63. The number of nitrogens with zero attached hydrogens (tertiary/aromatic N) is 3. The summed E-state index contributed by atoms with van der Waals surface area (Å²) in [7, 11) is 0. The SMILES string of the molecule is CCOC(=O)n1c(=O)[nH]c2ccc(-c3cccc(/C=C4\SC(=S)N(CCCCCC(=O)O)C4=O)n3)cc21. The molecular weight excluding hydrogens is 516 g/mol. The Morgan fingerprint density at radius 3 is 2.76 bits per heavy atom. The van der Waals surface area contributed by atoms with Gasteiger partial charge < -0.3 is 14.8 Å². The zero-order chi connectivity index (χ0) is 26.5. The molecule has 37 heavy (non-hydrogen) atoms. The molecule has 0 spiro atoms. The monoisotopic (exact) mass is 540 g/mol. The van der Waals surface area contributed by atoms with Crippen molar-refractivity contribution >= 4 is 63.4 Å². The number of aromatic amines is 1. The summed E-state index contributed by atoms with van der Waals surface area (Å²) in [5, 5.41) is 8.74. The highest BCUT2D eigenvalue weighted by atomic mass is 32.2. The number of thiocarbonyl (C=S) groups is 1. The van der Waals surface area contributed by atoms with Gasteiger partial charge in [0.05, 0.1) is 33.9 Å². The summed E-state index contributed by atoms with van der Waals surface area (Å²) in [6, 6.07) is 10.5. The average molecular weight is 541 g/mol. The van der Waals surface area contributed by atoms with Gasteiger partial charge in [0, 0.05) is 18.5 Å². The number of aromatic nitrogens is 3. The summed E-state index contributed by atoms with van der Waals surface area (Å²) in [5.74, 6) is -1.03. The highest BCUT2D eigenvalue weighted by molar-refractivity contribution is 8.26. The first-order valence-electron chi connectivity index (χ1n) is 11.6. The van der Waals surface area contributed by atoms with Crippen molar-refractivity contribution in [1.82, 2.24) is 19.4 Å². The minimum Gasteiger partial charge on any atom is -0.481 e. The molecule has 1 amide bonds. The largest absolute Gasteiger partial charge is 0.481 e. The van der Waals surface area contributed by atoms with Gasteiger partial charge in [-0.2, -0.15) is 4.57 Å². The van der Waals surface area contributed by atoms with Crippen LogP contribution in [0.4, 0.5) is 4.79 Å². The molecular formula is C25H24N4O6S2. The minimum atomic E-state index is -0.829. The summed E-state index contributed by atoms with van der Waals surface area (Å²) in [4.78, 5) is 57.4. The van der Waals surface area contributed by atoms with E-state index >= 15 is 0 Å². The lowest BCUT2D eigenvalue weighted by atomic mass is 10.1. The number of pyridine rings is 1. The number of imidazole rings is 1.